The van der Waals surface area contributed by atoms with Gasteiger partial charge < -0.3 is 14.6 Å². The van der Waals surface area contributed by atoms with Crippen molar-refractivity contribution < 1.29 is 19.4 Å². The summed E-state index contributed by atoms with van der Waals surface area (Å²) in [6.45, 7) is 4.22. The molecule has 70 valence electrons. The molecule has 0 aromatic carbocycles. The fraction of sp³-hybridized carbons (Fsp3) is 0.875. The highest BCUT2D eigenvalue weighted by atomic mass is 16.8. The van der Waals surface area contributed by atoms with Crippen molar-refractivity contribution in [2.45, 2.75) is 26.4 Å². The molecule has 4 heteroatoms. The first kappa shape index (κ1) is 9.32. The zero-order chi connectivity index (χ0) is 9.19. The quantitative estimate of drug-likeness (QED) is 0.647. The van der Waals surface area contributed by atoms with Gasteiger partial charge in [-0.15, -0.1) is 0 Å². The molecule has 1 heterocycles. The number of hydrogen-bond donors (Lipinski definition) is 1. The molecular formula is C8H14O4. The highest BCUT2D eigenvalue weighted by Crippen LogP contribution is 2.25. The van der Waals surface area contributed by atoms with E-state index in [1.54, 1.807) is 0 Å². The van der Waals surface area contributed by atoms with Gasteiger partial charge in [0.1, 0.15) is 12.7 Å². The van der Waals surface area contributed by atoms with Crippen LogP contribution in [0.2, 0.25) is 0 Å². The zero-order valence-corrected chi connectivity index (χ0v) is 7.37. The molecule has 1 rings (SSSR count). The Kier molecular flexibility index (Phi) is 2.57. The molecule has 0 radical (unpaired) electrons. The van der Waals surface area contributed by atoms with Crippen molar-refractivity contribution in [3.05, 3.63) is 0 Å². The third-order valence-corrected chi connectivity index (χ3v) is 1.86. The van der Waals surface area contributed by atoms with E-state index in [1.807, 2.05) is 13.8 Å². The van der Waals surface area contributed by atoms with Gasteiger partial charge in [0.25, 0.3) is 0 Å². The van der Waals surface area contributed by atoms with Gasteiger partial charge in [0.15, 0.2) is 0 Å². The summed E-state index contributed by atoms with van der Waals surface area (Å²) in [4.78, 5) is 10.5. The Hall–Kier alpha value is -0.770. The summed E-state index contributed by atoms with van der Waals surface area (Å²) < 4.78 is 9.44. The molecule has 0 aliphatic carbocycles. The molecule has 0 saturated carbocycles. The van der Waals surface area contributed by atoms with Gasteiger partial charge in [0.05, 0.1) is 0 Å². The third kappa shape index (κ3) is 2.37. The van der Waals surface area contributed by atoms with E-state index in [2.05, 4.69) is 4.74 Å². The molecule has 0 aromatic rings. The molecule has 1 aliphatic heterocycles. The predicted molar refractivity (Wildman–Crippen MR) is 41.7 cm³/mol. The van der Waals surface area contributed by atoms with Crippen molar-refractivity contribution in [2.75, 3.05) is 13.2 Å². The molecule has 0 amide bonds. The number of rotatable bonds is 3. The Balaban J connectivity index is 2.36. The van der Waals surface area contributed by atoms with Gasteiger partial charge in [-0.25, -0.2) is 4.79 Å². The third-order valence-electron chi connectivity index (χ3n) is 1.86. The maximum Gasteiger partial charge on any atom is 0.508 e. The number of cyclic esters (lactones) is 2. The van der Waals surface area contributed by atoms with E-state index >= 15 is 0 Å². The molecule has 1 saturated heterocycles. The van der Waals surface area contributed by atoms with E-state index in [4.69, 9.17) is 9.84 Å². The van der Waals surface area contributed by atoms with Crippen LogP contribution in [0.4, 0.5) is 4.79 Å². The van der Waals surface area contributed by atoms with Gasteiger partial charge in [0.2, 0.25) is 0 Å². The highest BCUT2D eigenvalue weighted by molar-refractivity contribution is 5.61. The number of aliphatic hydroxyl groups excluding tert-OH is 1. The van der Waals surface area contributed by atoms with Crippen LogP contribution >= 0.6 is 0 Å². The predicted octanol–water partition coefficient (Wildman–Crippen LogP) is 0.930. The standard InChI is InChI=1S/C8H14O4/c1-8(2,5-9)3-6-4-11-7(10)12-6/h6,9H,3-5H2,1-2H3. The van der Waals surface area contributed by atoms with Crippen molar-refractivity contribution >= 4 is 6.16 Å². The summed E-state index contributed by atoms with van der Waals surface area (Å²) >= 11 is 0. The second-order valence-electron chi connectivity index (χ2n) is 3.83. The summed E-state index contributed by atoms with van der Waals surface area (Å²) in [7, 11) is 0. The van der Waals surface area contributed by atoms with Crippen molar-refractivity contribution in [1.29, 1.82) is 0 Å². The minimum Gasteiger partial charge on any atom is -0.430 e. The lowest BCUT2D eigenvalue weighted by Gasteiger charge is -2.23. The maximum absolute atomic E-state index is 10.5. The summed E-state index contributed by atoms with van der Waals surface area (Å²) in [5.74, 6) is 0. The lowest BCUT2D eigenvalue weighted by Crippen LogP contribution is -2.25. The maximum atomic E-state index is 10.5. The van der Waals surface area contributed by atoms with Gasteiger partial charge >= 0.3 is 6.16 Å². The molecule has 4 nitrogen and oxygen atoms in total. The second kappa shape index (κ2) is 3.31. The Bertz CT molecular complexity index is 176. The largest absolute Gasteiger partial charge is 0.508 e. The lowest BCUT2D eigenvalue weighted by molar-refractivity contribution is 0.0765. The van der Waals surface area contributed by atoms with E-state index in [0.29, 0.717) is 13.0 Å². The van der Waals surface area contributed by atoms with Crippen molar-refractivity contribution in [3.8, 4) is 0 Å². The van der Waals surface area contributed by atoms with Crippen molar-refractivity contribution in [2.24, 2.45) is 5.41 Å². The molecule has 1 unspecified atom stereocenters. The molecule has 0 spiro atoms. The smallest absolute Gasteiger partial charge is 0.430 e. The minimum absolute atomic E-state index is 0.0844. The fourth-order valence-corrected chi connectivity index (χ4v) is 1.15. The van der Waals surface area contributed by atoms with Crippen LogP contribution in [0, 0.1) is 5.41 Å². The van der Waals surface area contributed by atoms with Gasteiger partial charge in [-0.2, -0.15) is 0 Å². The van der Waals surface area contributed by atoms with Crippen LogP contribution in [-0.2, 0) is 9.47 Å². The molecule has 0 bridgehead atoms. The average molecular weight is 174 g/mol. The first-order valence-corrected chi connectivity index (χ1v) is 3.98. The molecule has 1 aliphatic rings. The van der Waals surface area contributed by atoms with E-state index < -0.39 is 6.16 Å². The number of carbonyl (C=O) groups is 1. The monoisotopic (exact) mass is 174 g/mol. The number of carbonyl (C=O) groups excluding carboxylic acids is 1. The Morgan fingerprint density at radius 2 is 2.33 bits per heavy atom. The normalized spacial score (nSPS) is 23.6. The van der Waals surface area contributed by atoms with Crippen molar-refractivity contribution in [1.82, 2.24) is 0 Å². The summed E-state index contributed by atoms with van der Waals surface area (Å²) in [5, 5.41) is 8.94. The van der Waals surface area contributed by atoms with Gasteiger partial charge in [-0.1, -0.05) is 13.8 Å². The molecule has 1 fully saturated rings. The van der Waals surface area contributed by atoms with Crippen LogP contribution in [0.3, 0.4) is 0 Å². The zero-order valence-electron chi connectivity index (χ0n) is 7.37. The van der Waals surface area contributed by atoms with E-state index in [1.165, 1.54) is 0 Å². The lowest BCUT2D eigenvalue weighted by atomic mass is 9.88. The number of ether oxygens (including phenoxy) is 2. The SMILES string of the molecule is CC(C)(CO)CC1COC(=O)O1. The van der Waals surface area contributed by atoms with Crippen LogP contribution in [-0.4, -0.2) is 30.6 Å². The fourth-order valence-electron chi connectivity index (χ4n) is 1.15. The molecule has 1 N–H and O–H groups in total. The minimum atomic E-state index is -0.603. The van der Waals surface area contributed by atoms with Gasteiger partial charge in [-0.05, 0) is 11.8 Å². The van der Waals surface area contributed by atoms with Crippen LogP contribution in [0.1, 0.15) is 20.3 Å². The molecule has 0 aromatic heterocycles. The Labute approximate surface area is 71.5 Å². The molecular weight excluding hydrogens is 160 g/mol. The van der Waals surface area contributed by atoms with Crippen LogP contribution in [0.15, 0.2) is 0 Å². The number of hydrogen-bond acceptors (Lipinski definition) is 4. The van der Waals surface area contributed by atoms with Crippen molar-refractivity contribution in [3.63, 3.8) is 0 Å². The van der Waals surface area contributed by atoms with E-state index in [0.717, 1.165) is 0 Å². The highest BCUT2D eigenvalue weighted by Gasteiger charge is 2.30. The first-order valence-electron chi connectivity index (χ1n) is 3.98. The van der Waals surface area contributed by atoms with E-state index in [9.17, 15) is 4.79 Å². The average Bonchev–Trinajstić information content (AvgIpc) is 2.35. The molecule has 12 heavy (non-hydrogen) atoms. The van der Waals surface area contributed by atoms with Gasteiger partial charge in [-0.3, -0.25) is 0 Å². The van der Waals surface area contributed by atoms with Crippen LogP contribution in [0.5, 0.6) is 0 Å². The summed E-state index contributed by atoms with van der Waals surface area (Å²) in [6.07, 6.45) is -0.164. The van der Waals surface area contributed by atoms with Crippen LogP contribution < -0.4 is 0 Å². The summed E-state index contributed by atoms with van der Waals surface area (Å²) in [6, 6.07) is 0. The first-order chi connectivity index (χ1) is 5.53. The van der Waals surface area contributed by atoms with E-state index in [-0.39, 0.29) is 18.1 Å². The Morgan fingerprint density at radius 1 is 1.67 bits per heavy atom. The summed E-state index contributed by atoms with van der Waals surface area (Å²) in [5.41, 5.74) is -0.210. The van der Waals surface area contributed by atoms with Gasteiger partial charge in [0, 0.05) is 6.61 Å². The number of aliphatic hydroxyl groups is 1. The molecule has 1 atom stereocenters. The van der Waals surface area contributed by atoms with Crippen LogP contribution in [0.25, 0.3) is 0 Å². The second-order valence-corrected chi connectivity index (χ2v) is 3.83. The Morgan fingerprint density at radius 3 is 2.75 bits per heavy atom. The topological polar surface area (TPSA) is 55.8 Å².